The van der Waals surface area contributed by atoms with Crippen LogP contribution in [0.25, 0.3) is 10.9 Å². The van der Waals surface area contributed by atoms with Crippen molar-refractivity contribution in [1.29, 1.82) is 0 Å². The lowest BCUT2D eigenvalue weighted by Crippen LogP contribution is -2.23. The van der Waals surface area contributed by atoms with E-state index < -0.39 is 0 Å². The van der Waals surface area contributed by atoms with E-state index in [-0.39, 0.29) is 11.2 Å². The third-order valence-corrected chi connectivity index (χ3v) is 5.67. The van der Waals surface area contributed by atoms with E-state index in [4.69, 9.17) is 4.98 Å². The molecule has 26 heavy (non-hydrogen) atoms. The van der Waals surface area contributed by atoms with Crippen LogP contribution in [0.4, 0.5) is 5.69 Å². The molecule has 2 heterocycles. The summed E-state index contributed by atoms with van der Waals surface area (Å²) in [5.74, 6) is -0.0430. The van der Waals surface area contributed by atoms with Crippen LogP contribution in [-0.4, -0.2) is 25.9 Å². The number of nitrogens with one attached hydrogen (secondary N) is 1. The molecule has 0 bridgehead atoms. The molecule has 0 unspecified atom stereocenters. The van der Waals surface area contributed by atoms with Crippen LogP contribution in [0.3, 0.4) is 0 Å². The van der Waals surface area contributed by atoms with E-state index in [1.807, 2.05) is 33.9 Å². The number of anilines is 1. The molecule has 0 aliphatic carbocycles. The average Bonchev–Trinajstić information content (AvgIpc) is 2.82. The fourth-order valence-corrected chi connectivity index (χ4v) is 3.92. The van der Waals surface area contributed by atoms with Gasteiger partial charge in [-0.1, -0.05) is 30.0 Å². The summed E-state index contributed by atoms with van der Waals surface area (Å²) in [6.07, 6.45) is 0. The van der Waals surface area contributed by atoms with Crippen molar-refractivity contribution in [2.24, 2.45) is 7.05 Å². The summed E-state index contributed by atoms with van der Waals surface area (Å²) in [6.45, 7) is 9.90. The molecule has 1 amide bonds. The van der Waals surface area contributed by atoms with Crippen LogP contribution < -0.4 is 5.32 Å². The normalized spacial score (nSPS) is 12.4. The minimum absolute atomic E-state index is 0.0430. The number of hydrogen-bond acceptors (Lipinski definition) is 4. The van der Waals surface area contributed by atoms with Crippen LogP contribution >= 0.6 is 11.8 Å². The highest BCUT2D eigenvalue weighted by atomic mass is 32.2. The van der Waals surface area contributed by atoms with E-state index in [9.17, 15) is 4.79 Å². The van der Waals surface area contributed by atoms with Crippen LogP contribution in [0, 0.1) is 27.7 Å². The molecule has 0 aliphatic rings. The maximum absolute atomic E-state index is 12.6. The summed E-state index contributed by atoms with van der Waals surface area (Å²) < 4.78 is 1.78. The Hall–Kier alpha value is -2.34. The van der Waals surface area contributed by atoms with Crippen LogP contribution in [0.1, 0.15) is 29.4 Å². The second-order valence-electron chi connectivity index (χ2n) is 6.67. The number of fused-ring (bicyclic) bond motifs is 1. The van der Waals surface area contributed by atoms with Crippen molar-refractivity contribution >= 4 is 34.3 Å². The highest BCUT2D eigenvalue weighted by Crippen LogP contribution is 2.29. The first-order valence-corrected chi connectivity index (χ1v) is 9.50. The van der Waals surface area contributed by atoms with Gasteiger partial charge in [0, 0.05) is 12.4 Å². The van der Waals surface area contributed by atoms with Gasteiger partial charge in [0.2, 0.25) is 5.91 Å². The predicted octanol–water partition coefficient (Wildman–Crippen LogP) is 4.32. The largest absolute Gasteiger partial charge is 0.322 e. The van der Waals surface area contributed by atoms with Gasteiger partial charge in [-0.15, -0.1) is 0 Å². The molecule has 1 N–H and O–H groups in total. The number of benzene rings is 1. The van der Waals surface area contributed by atoms with Crippen LogP contribution in [0.5, 0.6) is 0 Å². The molecule has 0 saturated carbocycles. The molecule has 6 heteroatoms. The summed E-state index contributed by atoms with van der Waals surface area (Å²) in [5.41, 5.74) is 5.89. The molecule has 1 atom stereocenters. The molecule has 0 radical (unpaired) electrons. The summed E-state index contributed by atoms with van der Waals surface area (Å²) in [7, 11) is 1.88. The highest BCUT2D eigenvalue weighted by Gasteiger charge is 2.19. The Morgan fingerprint density at radius 2 is 1.92 bits per heavy atom. The van der Waals surface area contributed by atoms with Gasteiger partial charge >= 0.3 is 0 Å². The molecule has 5 nitrogen and oxygen atoms in total. The number of nitrogens with zero attached hydrogens (tertiary/aromatic N) is 3. The third-order valence-electron chi connectivity index (χ3n) is 4.65. The SMILES string of the molecule is Cc1nn(C)c(C)c1NC(=O)[C@H](C)Sc1cc(C)c2cccc(C)c2n1. The molecule has 3 aromatic rings. The molecule has 2 aromatic heterocycles. The number of rotatable bonds is 4. The Morgan fingerprint density at radius 1 is 1.19 bits per heavy atom. The minimum atomic E-state index is -0.262. The Balaban J connectivity index is 1.81. The highest BCUT2D eigenvalue weighted by molar-refractivity contribution is 8.00. The molecular weight excluding hydrogens is 344 g/mol. The zero-order valence-corrected chi connectivity index (χ0v) is 16.9. The fourth-order valence-electron chi connectivity index (χ4n) is 3.01. The van der Waals surface area contributed by atoms with Crippen molar-refractivity contribution in [3.63, 3.8) is 0 Å². The number of hydrogen-bond donors (Lipinski definition) is 1. The summed E-state index contributed by atoms with van der Waals surface area (Å²) in [5, 5.41) is 9.12. The fraction of sp³-hybridized carbons (Fsp3) is 0.350. The zero-order valence-electron chi connectivity index (χ0n) is 16.0. The van der Waals surface area contributed by atoms with Gasteiger partial charge in [0.25, 0.3) is 0 Å². The zero-order chi connectivity index (χ0) is 19.0. The Bertz CT molecular complexity index is 993. The number of pyridine rings is 1. The van der Waals surface area contributed by atoms with E-state index >= 15 is 0 Å². The summed E-state index contributed by atoms with van der Waals surface area (Å²) in [6, 6.07) is 8.25. The van der Waals surface area contributed by atoms with Crippen molar-refractivity contribution in [2.75, 3.05) is 5.32 Å². The Morgan fingerprint density at radius 3 is 2.58 bits per heavy atom. The lowest BCUT2D eigenvalue weighted by Gasteiger charge is -2.13. The first-order chi connectivity index (χ1) is 12.3. The maximum atomic E-state index is 12.6. The van der Waals surface area contributed by atoms with Gasteiger partial charge in [0.1, 0.15) is 0 Å². The number of amides is 1. The van der Waals surface area contributed by atoms with Crippen molar-refractivity contribution in [2.45, 2.75) is 44.9 Å². The average molecular weight is 369 g/mol. The van der Waals surface area contributed by atoms with Crippen molar-refractivity contribution in [3.05, 3.63) is 46.8 Å². The van der Waals surface area contributed by atoms with E-state index in [1.54, 1.807) is 4.68 Å². The number of para-hydroxylation sites is 1. The first-order valence-electron chi connectivity index (χ1n) is 8.62. The number of aryl methyl sites for hydroxylation is 4. The second kappa shape index (κ2) is 7.11. The van der Waals surface area contributed by atoms with Crippen LogP contribution in [0.2, 0.25) is 0 Å². The van der Waals surface area contributed by atoms with E-state index in [0.717, 1.165) is 38.6 Å². The molecular formula is C20H24N4OS. The van der Waals surface area contributed by atoms with Crippen molar-refractivity contribution < 1.29 is 4.79 Å². The van der Waals surface area contributed by atoms with E-state index in [2.05, 4.69) is 42.5 Å². The van der Waals surface area contributed by atoms with Gasteiger partial charge in [-0.3, -0.25) is 9.48 Å². The minimum Gasteiger partial charge on any atom is -0.322 e. The number of thioether (sulfide) groups is 1. The molecule has 0 spiro atoms. The quantitative estimate of drug-likeness (QED) is 0.697. The van der Waals surface area contributed by atoms with Gasteiger partial charge < -0.3 is 5.32 Å². The maximum Gasteiger partial charge on any atom is 0.237 e. The molecule has 0 fully saturated rings. The summed E-state index contributed by atoms with van der Waals surface area (Å²) in [4.78, 5) is 17.4. The molecule has 1 aromatic carbocycles. The van der Waals surface area contributed by atoms with Crippen molar-refractivity contribution in [3.8, 4) is 0 Å². The summed E-state index contributed by atoms with van der Waals surface area (Å²) >= 11 is 1.48. The number of carbonyl (C=O) groups is 1. The molecule has 0 aliphatic heterocycles. The smallest absolute Gasteiger partial charge is 0.237 e. The van der Waals surface area contributed by atoms with Gasteiger partial charge in [-0.25, -0.2) is 4.98 Å². The first kappa shape index (κ1) is 18.5. The van der Waals surface area contributed by atoms with Gasteiger partial charge in [0.15, 0.2) is 0 Å². The van der Waals surface area contributed by atoms with E-state index in [0.29, 0.717) is 0 Å². The van der Waals surface area contributed by atoms with Gasteiger partial charge in [-0.2, -0.15) is 5.10 Å². The van der Waals surface area contributed by atoms with Crippen LogP contribution in [0.15, 0.2) is 29.3 Å². The van der Waals surface area contributed by atoms with Crippen molar-refractivity contribution in [1.82, 2.24) is 14.8 Å². The lowest BCUT2D eigenvalue weighted by molar-refractivity contribution is -0.115. The molecule has 0 saturated heterocycles. The second-order valence-corrected chi connectivity index (χ2v) is 8.03. The van der Waals surface area contributed by atoms with E-state index in [1.165, 1.54) is 17.3 Å². The van der Waals surface area contributed by atoms with Gasteiger partial charge in [-0.05, 0) is 51.8 Å². The number of carbonyl (C=O) groups excluding carboxylic acids is 1. The standard InChI is InChI=1S/C20H24N4OS/c1-11-8-7-9-16-12(2)10-17(21-18(11)16)26-15(5)20(25)22-19-13(3)23-24(6)14(19)4/h7-10,15H,1-6H3,(H,22,25)/t15-/m0/s1. The monoisotopic (exact) mass is 368 g/mol. The Kier molecular flexibility index (Phi) is 5.05. The van der Waals surface area contributed by atoms with Gasteiger partial charge in [0.05, 0.1) is 32.9 Å². The predicted molar refractivity (Wildman–Crippen MR) is 108 cm³/mol. The topological polar surface area (TPSA) is 59.8 Å². The third kappa shape index (κ3) is 3.46. The molecule has 136 valence electrons. The number of aromatic nitrogens is 3. The van der Waals surface area contributed by atoms with Crippen LogP contribution in [-0.2, 0) is 11.8 Å². The lowest BCUT2D eigenvalue weighted by atomic mass is 10.1. The molecule has 3 rings (SSSR count). The Labute approximate surface area is 158 Å².